The molecule has 0 radical (unpaired) electrons. The molecule has 1 aromatic carbocycles. The zero-order chi connectivity index (χ0) is 15.8. The summed E-state index contributed by atoms with van der Waals surface area (Å²) in [4.78, 5) is 12.3. The van der Waals surface area contributed by atoms with E-state index in [9.17, 15) is 4.79 Å². The van der Waals surface area contributed by atoms with E-state index < -0.39 is 0 Å². The van der Waals surface area contributed by atoms with Crippen LogP contribution < -0.4 is 10.6 Å². The van der Waals surface area contributed by atoms with Gasteiger partial charge in [0.2, 0.25) is 0 Å². The van der Waals surface area contributed by atoms with E-state index in [4.69, 9.17) is 9.68 Å². The highest BCUT2D eigenvalue weighted by molar-refractivity contribution is 5.92. The van der Waals surface area contributed by atoms with Gasteiger partial charge in [0.05, 0.1) is 11.6 Å². The molecule has 2 aromatic rings. The van der Waals surface area contributed by atoms with Crippen LogP contribution in [0.25, 0.3) is 11.3 Å². The molecule has 0 spiro atoms. The van der Waals surface area contributed by atoms with Gasteiger partial charge in [-0.05, 0) is 55.7 Å². The molecule has 5 nitrogen and oxygen atoms in total. The molecule has 2 N–H and O–H groups in total. The van der Waals surface area contributed by atoms with Crippen LogP contribution in [0, 0.1) is 11.3 Å². The summed E-state index contributed by atoms with van der Waals surface area (Å²) in [5.74, 6) is 0.794. The Balaban J connectivity index is 1.46. The number of fused-ring (bicyclic) bond motifs is 2. The minimum absolute atomic E-state index is 0.163. The Hall–Kier alpha value is -2.58. The normalized spacial score (nSPS) is 25.3. The predicted molar refractivity (Wildman–Crippen MR) is 84.7 cm³/mol. The Labute approximate surface area is 134 Å². The Morgan fingerprint density at radius 2 is 2.04 bits per heavy atom. The highest BCUT2D eigenvalue weighted by Crippen LogP contribution is 2.29. The number of hydrogen-bond acceptors (Lipinski definition) is 4. The topological polar surface area (TPSA) is 78.1 Å². The SMILES string of the molecule is N#Cc1ccc(-c2ccc(C(=O)NC3CC4CCC3N4)o2)cc1. The Kier molecular flexibility index (Phi) is 3.40. The number of nitrogens with one attached hydrogen (secondary N) is 2. The van der Waals surface area contributed by atoms with Crippen LogP contribution in [0.4, 0.5) is 0 Å². The minimum Gasteiger partial charge on any atom is -0.451 e. The summed E-state index contributed by atoms with van der Waals surface area (Å²) in [6, 6.07) is 13.8. The fourth-order valence-electron chi connectivity index (χ4n) is 3.55. The van der Waals surface area contributed by atoms with E-state index in [0.29, 0.717) is 29.2 Å². The number of amides is 1. The van der Waals surface area contributed by atoms with Gasteiger partial charge in [-0.3, -0.25) is 4.79 Å². The molecule has 2 aliphatic heterocycles. The average molecular weight is 307 g/mol. The van der Waals surface area contributed by atoms with Crippen LogP contribution in [-0.2, 0) is 0 Å². The molecule has 3 heterocycles. The summed E-state index contributed by atoms with van der Waals surface area (Å²) in [5, 5.41) is 15.4. The highest BCUT2D eigenvalue weighted by Gasteiger charge is 2.39. The molecule has 2 bridgehead atoms. The lowest BCUT2D eigenvalue weighted by Crippen LogP contribution is -2.42. The third-order valence-corrected chi connectivity index (χ3v) is 4.74. The number of nitrogens with zero attached hydrogens (tertiary/aromatic N) is 1. The van der Waals surface area contributed by atoms with Gasteiger partial charge in [0.25, 0.3) is 5.91 Å². The molecule has 4 rings (SSSR count). The third kappa shape index (κ3) is 2.62. The molecule has 3 unspecified atom stereocenters. The number of nitriles is 1. The van der Waals surface area contributed by atoms with E-state index in [2.05, 4.69) is 16.7 Å². The van der Waals surface area contributed by atoms with Gasteiger partial charge in [-0.25, -0.2) is 0 Å². The molecule has 1 amide bonds. The second kappa shape index (κ2) is 5.56. The zero-order valence-corrected chi connectivity index (χ0v) is 12.6. The number of carbonyl (C=O) groups excluding carboxylic acids is 1. The van der Waals surface area contributed by atoms with Crippen molar-refractivity contribution in [2.24, 2.45) is 0 Å². The first-order valence-corrected chi connectivity index (χ1v) is 7.90. The summed E-state index contributed by atoms with van der Waals surface area (Å²) < 4.78 is 5.68. The van der Waals surface area contributed by atoms with Gasteiger partial charge in [0.1, 0.15) is 5.76 Å². The molecule has 2 saturated heterocycles. The van der Waals surface area contributed by atoms with Crippen molar-refractivity contribution in [1.82, 2.24) is 10.6 Å². The van der Waals surface area contributed by atoms with E-state index in [1.54, 1.807) is 24.3 Å². The lowest BCUT2D eigenvalue weighted by atomic mass is 9.95. The monoisotopic (exact) mass is 307 g/mol. The first-order valence-electron chi connectivity index (χ1n) is 7.90. The maximum atomic E-state index is 12.3. The fourth-order valence-corrected chi connectivity index (χ4v) is 3.55. The molecule has 3 atom stereocenters. The average Bonchev–Trinajstić information content (AvgIpc) is 3.31. The highest BCUT2D eigenvalue weighted by atomic mass is 16.3. The van der Waals surface area contributed by atoms with Gasteiger partial charge in [0, 0.05) is 23.7 Å². The van der Waals surface area contributed by atoms with Crippen LogP contribution in [-0.4, -0.2) is 24.0 Å². The second-order valence-corrected chi connectivity index (χ2v) is 6.22. The van der Waals surface area contributed by atoms with Crippen molar-refractivity contribution in [3.05, 3.63) is 47.7 Å². The molecular weight excluding hydrogens is 290 g/mol. The van der Waals surface area contributed by atoms with E-state index in [-0.39, 0.29) is 11.9 Å². The molecule has 5 heteroatoms. The molecule has 2 aliphatic rings. The minimum atomic E-state index is -0.163. The van der Waals surface area contributed by atoms with E-state index in [1.165, 1.54) is 6.42 Å². The summed E-state index contributed by atoms with van der Waals surface area (Å²) in [5.41, 5.74) is 1.45. The first-order chi connectivity index (χ1) is 11.2. The Morgan fingerprint density at radius 1 is 1.22 bits per heavy atom. The van der Waals surface area contributed by atoms with E-state index in [1.807, 2.05) is 12.1 Å². The summed E-state index contributed by atoms with van der Waals surface area (Å²) >= 11 is 0. The number of furan rings is 1. The van der Waals surface area contributed by atoms with Gasteiger partial charge in [-0.1, -0.05) is 0 Å². The van der Waals surface area contributed by atoms with Gasteiger partial charge in [-0.2, -0.15) is 5.26 Å². The van der Waals surface area contributed by atoms with Crippen LogP contribution in [0.2, 0.25) is 0 Å². The van der Waals surface area contributed by atoms with Crippen LogP contribution in [0.15, 0.2) is 40.8 Å². The van der Waals surface area contributed by atoms with Crippen LogP contribution >= 0.6 is 0 Å². The Bertz CT molecular complexity index is 772. The van der Waals surface area contributed by atoms with Gasteiger partial charge < -0.3 is 15.1 Å². The first kappa shape index (κ1) is 14.0. The summed E-state index contributed by atoms with van der Waals surface area (Å²) in [6.45, 7) is 0. The largest absolute Gasteiger partial charge is 0.451 e. The number of rotatable bonds is 3. The Morgan fingerprint density at radius 3 is 2.70 bits per heavy atom. The van der Waals surface area contributed by atoms with Gasteiger partial charge >= 0.3 is 0 Å². The van der Waals surface area contributed by atoms with Crippen molar-refractivity contribution in [2.75, 3.05) is 0 Å². The second-order valence-electron chi connectivity index (χ2n) is 6.22. The lowest BCUT2D eigenvalue weighted by Gasteiger charge is -2.20. The number of hydrogen-bond donors (Lipinski definition) is 2. The molecule has 116 valence electrons. The lowest BCUT2D eigenvalue weighted by molar-refractivity contribution is 0.0903. The predicted octanol–water partition coefficient (Wildman–Crippen LogP) is 2.44. The van der Waals surface area contributed by atoms with E-state index in [0.717, 1.165) is 18.4 Å². The fraction of sp³-hybridized carbons (Fsp3) is 0.333. The van der Waals surface area contributed by atoms with Crippen LogP contribution in [0.5, 0.6) is 0 Å². The van der Waals surface area contributed by atoms with Crippen molar-refractivity contribution >= 4 is 5.91 Å². The standard InChI is InChI=1S/C18H17N3O2/c19-10-11-1-3-12(4-2-11)16-7-8-17(23-16)18(22)21-15-9-13-5-6-14(15)20-13/h1-4,7-8,13-15,20H,5-6,9H2,(H,21,22). The quantitative estimate of drug-likeness (QED) is 0.913. The summed E-state index contributed by atoms with van der Waals surface area (Å²) in [6.07, 6.45) is 3.34. The smallest absolute Gasteiger partial charge is 0.287 e. The van der Waals surface area contributed by atoms with E-state index >= 15 is 0 Å². The molecule has 23 heavy (non-hydrogen) atoms. The van der Waals surface area contributed by atoms with Crippen molar-refractivity contribution in [3.8, 4) is 17.4 Å². The number of carbonyl (C=O) groups is 1. The van der Waals surface area contributed by atoms with Crippen molar-refractivity contribution < 1.29 is 9.21 Å². The number of benzene rings is 1. The zero-order valence-electron chi connectivity index (χ0n) is 12.6. The summed E-state index contributed by atoms with van der Waals surface area (Å²) in [7, 11) is 0. The van der Waals surface area contributed by atoms with Crippen molar-refractivity contribution in [2.45, 2.75) is 37.4 Å². The van der Waals surface area contributed by atoms with Gasteiger partial charge in [-0.15, -0.1) is 0 Å². The van der Waals surface area contributed by atoms with Crippen molar-refractivity contribution in [3.63, 3.8) is 0 Å². The molecule has 2 fully saturated rings. The molecule has 1 aromatic heterocycles. The van der Waals surface area contributed by atoms with Crippen LogP contribution in [0.1, 0.15) is 35.4 Å². The van der Waals surface area contributed by atoms with Gasteiger partial charge in [0.15, 0.2) is 5.76 Å². The van der Waals surface area contributed by atoms with Crippen LogP contribution in [0.3, 0.4) is 0 Å². The molecule has 0 aliphatic carbocycles. The maximum absolute atomic E-state index is 12.3. The van der Waals surface area contributed by atoms with Crippen molar-refractivity contribution in [1.29, 1.82) is 5.26 Å². The molecule has 0 saturated carbocycles. The maximum Gasteiger partial charge on any atom is 0.287 e. The third-order valence-electron chi connectivity index (χ3n) is 4.74. The molecular formula is C18H17N3O2.